The number of sulfonamides is 1. The number of rotatable bonds is 6. The van der Waals surface area contributed by atoms with Gasteiger partial charge in [0.1, 0.15) is 12.2 Å². The van der Waals surface area contributed by atoms with Crippen LogP contribution in [0.25, 0.3) is 0 Å². The molecule has 0 bridgehead atoms. The van der Waals surface area contributed by atoms with Crippen LogP contribution in [0.15, 0.2) is 35.5 Å². The van der Waals surface area contributed by atoms with Crippen molar-refractivity contribution in [2.45, 2.75) is 24.3 Å². The summed E-state index contributed by atoms with van der Waals surface area (Å²) in [5.41, 5.74) is 0.532. The summed E-state index contributed by atoms with van der Waals surface area (Å²) in [5.74, 6) is -0.566. The summed E-state index contributed by atoms with van der Waals surface area (Å²) in [5, 5.41) is 14.9. The third-order valence-corrected chi connectivity index (χ3v) is 4.32. The Hall–Kier alpha value is -2.26. The molecule has 2 rings (SSSR count). The number of hydrogen-bond acceptors (Lipinski definition) is 5. The predicted octanol–water partition coefficient (Wildman–Crippen LogP) is 0.471. The van der Waals surface area contributed by atoms with E-state index in [0.29, 0.717) is 11.4 Å². The summed E-state index contributed by atoms with van der Waals surface area (Å²) in [6, 6.07) is 5.13. The number of H-pyrrole nitrogens is 1. The van der Waals surface area contributed by atoms with Crippen LogP contribution in [0.3, 0.4) is 0 Å². The first-order valence-corrected chi connectivity index (χ1v) is 7.55. The van der Waals surface area contributed by atoms with Crippen LogP contribution in [0.2, 0.25) is 0 Å². The van der Waals surface area contributed by atoms with Crippen molar-refractivity contribution in [2.24, 2.45) is 0 Å². The van der Waals surface area contributed by atoms with Crippen molar-refractivity contribution in [2.75, 3.05) is 0 Å². The minimum atomic E-state index is -3.72. The first-order chi connectivity index (χ1) is 9.88. The molecule has 0 aliphatic heterocycles. The van der Waals surface area contributed by atoms with Gasteiger partial charge in [-0.05, 0) is 24.6 Å². The van der Waals surface area contributed by atoms with E-state index in [9.17, 15) is 13.2 Å². The van der Waals surface area contributed by atoms with Crippen LogP contribution in [0.5, 0.6) is 0 Å². The highest BCUT2D eigenvalue weighted by Crippen LogP contribution is 2.15. The van der Waals surface area contributed by atoms with Crippen LogP contribution in [0, 0.1) is 0 Å². The van der Waals surface area contributed by atoms with Crippen molar-refractivity contribution in [1.29, 1.82) is 0 Å². The maximum Gasteiger partial charge on any atom is 0.307 e. The lowest BCUT2D eigenvalue weighted by Crippen LogP contribution is -2.27. The molecule has 1 atom stereocenters. The van der Waals surface area contributed by atoms with Crippen molar-refractivity contribution >= 4 is 16.0 Å². The molecule has 112 valence electrons. The van der Waals surface area contributed by atoms with Crippen LogP contribution in [0.1, 0.15) is 24.4 Å². The van der Waals surface area contributed by atoms with Gasteiger partial charge in [0.05, 0.1) is 17.4 Å². The number of aliphatic carboxylic acids is 1. The van der Waals surface area contributed by atoms with Crippen molar-refractivity contribution in [3.05, 3.63) is 42.0 Å². The molecule has 0 spiro atoms. The van der Waals surface area contributed by atoms with Crippen LogP contribution in [-0.2, 0) is 21.2 Å². The second-order valence-electron chi connectivity index (χ2n) is 4.43. The molecule has 9 heteroatoms. The Morgan fingerprint density at radius 3 is 2.57 bits per heavy atom. The predicted molar refractivity (Wildman–Crippen MR) is 72.9 cm³/mol. The Balaban J connectivity index is 2.14. The van der Waals surface area contributed by atoms with Crippen molar-refractivity contribution in [1.82, 2.24) is 19.9 Å². The maximum atomic E-state index is 12.2. The van der Waals surface area contributed by atoms with Gasteiger partial charge < -0.3 is 5.11 Å². The zero-order valence-corrected chi connectivity index (χ0v) is 12.0. The van der Waals surface area contributed by atoms with E-state index in [1.54, 1.807) is 6.92 Å². The Morgan fingerprint density at radius 1 is 1.38 bits per heavy atom. The lowest BCUT2D eigenvalue weighted by atomic mass is 10.2. The van der Waals surface area contributed by atoms with Gasteiger partial charge in [-0.1, -0.05) is 12.1 Å². The molecule has 21 heavy (non-hydrogen) atoms. The smallest absolute Gasteiger partial charge is 0.307 e. The molecule has 0 saturated carbocycles. The first kappa shape index (κ1) is 15.1. The third-order valence-electron chi connectivity index (χ3n) is 2.76. The van der Waals surface area contributed by atoms with Crippen LogP contribution in [0.4, 0.5) is 0 Å². The first-order valence-electron chi connectivity index (χ1n) is 6.07. The molecule has 1 aromatic heterocycles. The fourth-order valence-electron chi connectivity index (χ4n) is 1.74. The fraction of sp³-hybridized carbons (Fsp3) is 0.250. The van der Waals surface area contributed by atoms with Gasteiger partial charge in [-0.15, -0.1) is 0 Å². The summed E-state index contributed by atoms with van der Waals surface area (Å²) in [7, 11) is -3.72. The lowest BCUT2D eigenvalue weighted by molar-refractivity contribution is -0.136. The Labute approximate surface area is 121 Å². The number of hydrogen-bond donors (Lipinski definition) is 3. The van der Waals surface area contributed by atoms with Gasteiger partial charge >= 0.3 is 5.97 Å². The summed E-state index contributed by atoms with van der Waals surface area (Å²) < 4.78 is 26.8. The lowest BCUT2D eigenvalue weighted by Gasteiger charge is -2.12. The Bertz CT molecular complexity index is 710. The molecule has 0 radical (unpaired) electrons. The monoisotopic (exact) mass is 310 g/mol. The van der Waals surface area contributed by atoms with Gasteiger partial charge in [-0.2, -0.15) is 5.10 Å². The average Bonchev–Trinajstić information content (AvgIpc) is 2.92. The van der Waals surface area contributed by atoms with E-state index in [1.165, 1.54) is 30.6 Å². The third kappa shape index (κ3) is 3.86. The van der Waals surface area contributed by atoms with Crippen LogP contribution >= 0.6 is 0 Å². The number of nitrogens with one attached hydrogen (secondary N) is 2. The number of carboxylic acids is 1. The molecule has 8 nitrogen and oxygen atoms in total. The molecule has 2 aromatic rings. The van der Waals surface area contributed by atoms with E-state index in [2.05, 4.69) is 19.9 Å². The number of aromatic amines is 1. The van der Waals surface area contributed by atoms with Gasteiger partial charge in [-0.25, -0.2) is 18.1 Å². The van der Waals surface area contributed by atoms with E-state index < -0.39 is 22.0 Å². The minimum Gasteiger partial charge on any atom is -0.481 e. The SMILES string of the molecule is CC(NS(=O)(=O)c1ccc(CC(=O)O)cc1)c1ncn[nH]1. The second-order valence-corrected chi connectivity index (χ2v) is 6.14. The minimum absolute atomic E-state index is 0.0583. The van der Waals surface area contributed by atoms with E-state index in [1.807, 2.05) is 0 Å². The van der Waals surface area contributed by atoms with E-state index in [4.69, 9.17) is 5.11 Å². The summed E-state index contributed by atoms with van der Waals surface area (Å²) in [6.45, 7) is 1.64. The van der Waals surface area contributed by atoms with E-state index >= 15 is 0 Å². The largest absolute Gasteiger partial charge is 0.481 e. The molecule has 0 saturated heterocycles. The number of carbonyl (C=O) groups is 1. The second kappa shape index (κ2) is 6.02. The fourth-order valence-corrected chi connectivity index (χ4v) is 2.95. The number of benzene rings is 1. The highest BCUT2D eigenvalue weighted by atomic mass is 32.2. The van der Waals surface area contributed by atoms with Gasteiger partial charge in [0.2, 0.25) is 10.0 Å². The van der Waals surface area contributed by atoms with Gasteiger partial charge in [0.25, 0.3) is 0 Å². The molecular weight excluding hydrogens is 296 g/mol. The number of carboxylic acid groups (broad SMARTS) is 1. The molecule has 3 N–H and O–H groups in total. The summed E-state index contributed by atoms with van der Waals surface area (Å²) in [6.07, 6.45) is 1.14. The molecule has 1 unspecified atom stereocenters. The molecule has 0 fully saturated rings. The normalized spacial score (nSPS) is 13.0. The van der Waals surface area contributed by atoms with Crippen molar-refractivity contribution in [3.63, 3.8) is 0 Å². The van der Waals surface area contributed by atoms with Gasteiger partial charge in [-0.3, -0.25) is 9.89 Å². The molecular formula is C12H14N4O4S. The quantitative estimate of drug-likeness (QED) is 0.712. The van der Waals surface area contributed by atoms with Crippen LogP contribution in [-0.4, -0.2) is 34.7 Å². The highest BCUT2D eigenvalue weighted by molar-refractivity contribution is 7.89. The zero-order valence-electron chi connectivity index (χ0n) is 11.1. The summed E-state index contributed by atoms with van der Waals surface area (Å²) in [4.78, 5) is 14.5. The van der Waals surface area contributed by atoms with Gasteiger partial charge in [0, 0.05) is 0 Å². The topological polar surface area (TPSA) is 125 Å². The Morgan fingerprint density at radius 2 is 2.05 bits per heavy atom. The maximum absolute atomic E-state index is 12.2. The summed E-state index contributed by atoms with van der Waals surface area (Å²) >= 11 is 0. The standard InChI is InChI=1S/C12H14N4O4S/c1-8(12-13-7-14-15-12)16-21(19,20)10-4-2-9(3-5-10)6-11(17)18/h2-5,7-8,16H,6H2,1H3,(H,17,18)(H,13,14,15). The molecule has 0 aliphatic carbocycles. The number of aromatic nitrogens is 3. The molecule has 0 aliphatic rings. The molecule has 1 aromatic carbocycles. The molecule has 1 heterocycles. The van der Waals surface area contributed by atoms with Gasteiger partial charge in [0.15, 0.2) is 0 Å². The highest BCUT2D eigenvalue weighted by Gasteiger charge is 2.19. The van der Waals surface area contributed by atoms with E-state index in [-0.39, 0.29) is 11.3 Å². The van der Waals surface area contributed by atoms with E-state index in [0.717, 1.165) is 0 Å². The van der Waals surface area contributed by atoms with Crippen molar-refractivity contribution in [3.8, 4) is 0 Å². The average molecular weight is 310 g/mol. The van der Waals surface area contributed by atoms with Crippen molar-refractivity contribution < 1.29 is 18.3 Å². The molecule has 0 amide bonds. The van der Waals surface area contributed by atoms with Crippen LogP contribution < -0.4 is 4.72 Å². The number of nitrogens with zero attached hydrogens (tertiary/aromatic N) is 2. The zero-order chi connectivity index (χ0) is 15.5. The Kier molecular flexibility index (Phi) is 4.34.